The average molecular weight is 289 g/mol. The molecule has 1 aliphatic rings. The molecule has 2 nitrogen and oxygen atoms in total. The first-order chi connectivity index (χ1) is 8.27. The van der Waals surface area contributed by atoms with Crippen LogP contribution in [0.3, 0.4) is 0 Å². The first-order valence-electron chi connectivity index (χ1n) is 5.31. The minimum Gasteiger partial charge on any atom is -0.449 e. The van der Waals surface area contributed by atoms with Gasteiger partial charge in [-0.2, -0.15) is 0 Å². The summed E-state index contributed by atoms with van der Waals surface area (Å²) in [5.74, 6) is -0.249. The van der Waals surface area contributed by atoms with Gasteiger partial charge in [0.25, 0.3) is 0 Å². The topological polar surface area (TPSA) is 26.3 Å². The second kappa shape index (κ2) is 4.00. The Balaban J connectivity index is 2.14. The van der Waals surface area contributed by atoms with E-state index < -0.39 is 0 Å². The third-order valence-electron chi connectivity index (χ3n) is 2.88. The van der Waals surface area contributed by atoms with Crippen LogP contribution in [-0.2, 0) is 4.74 Å². The van der Waals surface area contributed by atoms with Crippen molar-refractivity contribution in [3.63, 3.8) is 0 Å². The number of cyclic esters (lactones) is 1. The molecule has 0 bridgehead atoms. The lowest BCUT2D eigenvalue weighted by Gasteiger charge is -2.12. The molecule has 0 saturated heterocycles. The zero-order chi connectivity index (χ0) is 11.8. The fraction of sp³-hybridized carbons (Fsp3) is 0.0714. The molecule has 0 aromatic heterocycles. The minimum absolute atomic E-state index is 0.249. The molecular weight excluding hydrogens is 280 g/mol. The summed E-state index contributed by atoms with van der Waals surface area (Å²) >= 11 is 3.49. The summed E-state index contributed by atoms with van der Waals surface area (Å²) in [6, 6.07) is 15.3. The van der Waals surface area contributed by atoms with Gasteiger partial charge in [-0.05, 0) is 12.1 Å². The monoisotopic (exact) mass is 288 g/mol. The number of ether oxygens (including phenoxy) is 1. The Morgan fingerprint density at radius 2 is 1.59 bits per heavy atom. The molecule has 0 N–H and O–H groups in total. The fourth-order valence-electron chi connectivity index (χ4n) is 2.06. The number of rotatable bonds is 1. The minimum atomic E-state index is -0.297. The molecule has 84 valence electrons. The van der Waals surface area contributed by atoms with E-state index in [-0.39, 0.29) is 12.1 Å². The third kappa shape index (κ3) is 1.67. The smallest absolute Gasteiger partial charge is 0.339 e. The molecule has 0 fully saturated rings. The van der Waals surface area contributed by atoms with Crippen LogP contribution < -0.4 is 0 Å². The first kappa shape index (κ1) is 10.5. The largest absolute Gasteiger partial charge is 0.449 e. The van der Waals surface area contributed by atoms with Gasteiger partial charge in [-0.3, -0.25) is 0 Å². The maximum absolute atomic E-state index is 11.7. The number of halogens is 1. The van der Waals surface area contributed by atoms with E-state index in [2.05, 4.69) is 15.9 Å². The fourth-order valence-corrected chi connectivity index (χ4v) is 2.56. The van der Waals surface area contributed by atoms with Crippen molar-refractivity contribution in [1.82, 2.24) is 0 Å². The number of hydrogen-bond donors (Lipinski definition) is 0. The molecule has 2 aromatic rings. The number of carbonyl (C=O) groups excluding carboxylic acids is 1. The summed E-state index contributed by atoms with van der Waals surface area (Å²) in [6.45, 7) is 0. The first-order valence-corrected chi connectivity index (χ1v) is 6.11. The van der Waals surface area contributed by atoms with Crippen LogP contribution in [0.15, 0.2) is 53.0 Å². The van der Waals surface area contributed by atoms with Crippen molar-refractivity contribution in [1.29, 1.82) is 0 Å². The second-order valence-electron chi connectivity index (χ2n) is 3.89. The normalized spacial score (nSPS) is 17.7. The van der Waals surface area contributed by atoms with Crippen molar-refractivity contribution in [3.05, 3.63) is 69.7 Å². The van der Waals surface area contributed by atoms with Crippen molar-refractivity contribution < 1.29 is 9.53 Å². The molecule has 1 heterocycles. The molecule has 1 aliphatic heterocycles. The predicted octanol–water partition coefficient (Wildman–Crippen LogP) is 3.71. The highest BCUT2D eigenvalue weighted by Crippen LogP contribution is 2.38. The Hall–Kier alpha value is -1.61. The Labute approximate surface area is 107 Å². The van der Waals surface area contributed by atoms with E-state index in [1.807, 2.05) is 42.5 Å². The Bertz CT molecular complexity index is 592. The van der Waals surface area contributed by atoms with E-state index in [1.165, 1.54) is 0 Å². The Morgan fingerprint density at radius 3 is 2.35 bits per heavy atom. The summed E-state index contributed by atoms with van der Waals surface area (Å²) in [4.78, 5) is 11.7. The molecule has 0 radical (unpaired) electrons. The number of benzene rings is 2. The van der Waals surface area contributed by atoms with Crippen LogP contribution >= 0.6 is 15.9 Å². The molecule has 0 amide bonds. The van der Waals surface area contributed by atoms with Crippen LogP contribution in [-0.4, -0.2) is 5.97 Å². The quantitative estimate of drug-likeness (QED) is 0.748. The molecule has 0 spiro atoms. The van der Waals surface area contributed by atoms with Crippen molar-refractivity contribution >= 4 is 21.9 Å². The Kier molecular flexibility index (Phi) is 2.48. The van der Waals surface area contributed by atoms with Crippen LogP contribution in [0.1, 0.15) is 27.6 Å². The standard InChI is InChI=1S/C14H9BrO2/c15-12-8-4-3-7-11(12)13-9-5-1-2-6-10(9)14(16)17-13/h1-8,13H. The van der Waals surface area contributed by atoms with E-state index in [1.54, 1.807) is 6.07 Å². The molecular formula is C14H9BrO2. The predicted molar refractivity (Wildman–Crippen MR) is 67.8 cm³/mol. The van der Waals surface area contributed by atoms with E-state index in [0.717, 1.165) is 15.6 Å². The number of hydrogen-bond acceptors (Lipinski definition) is 2. The molecule has 2 aromatic carbocycles. The van der Waals surface area contributed by atoms with Crippen LogP contribution in [0, 0.1) is 0 Å². The van der Waals surface area contributed by atoms with E-state index in [0.29, 0.717) is 5.56 Å². The second-order valence-corrected chi connectivity index (χ2v) is 4.75. The number of esters is 1. The average Bonchev–Trinajstić information content (AvgIpc) is 2.68. The summed E-state index contributed by atoms with van der Waals surface area (Å²) in [5.41, 5.74) is 2.57. The molecule has 1 atom stereocenters. The summed E-state index contributed by atoms with van der Waals surface area (Å²) in [5, 5.41) is 0. The Morgan fingerprint density at radius 1 is 0.941 bits per heavy atom. The van der Waals surface area contributed by atoms with E-state index in [9.17, 15) is 4.79 Å². The zero-order valence-electron chi connectivity index (χ0n) is 8.89. The van der Waals surface area contributed by atoms with Gasteiger partial charge in [0.1, 0.15) is 0 Å². The van der Waals surface area contributed by atoms with Crippen LogP contribution in [0.4, 0.5) is 0 Å². The maximum atomic E-state index is 11.7. The van der Waals surface area contributed by atoms with Gasteiger partial charge in [-0.1, -0.05) is 52.3 Å². The summed E-state index contributed by atoms with van der Waals surface area (Å²) in [7, 11) is 0. The highest BCUT2D eigenvalue weighted by molar-refractivity contribution is 9.10. The van der Waals surface area contributed by atoms with Crippen molar-refractivity contribution in [2.24, 2.45) is 0 Å². The van der Waals surface area contributed by atoms with Gasteiger partial charge in [-0.25, -0.2) is 4.79 Å². The molecule has 3 rings (SSSR count). The van der Waals surface area contributed by atoms with Crippen molar-refractivity contribution in [3.8, 4) is 0 Å². The molecule has 1 unspecified atom stereocenters. The third-order valence-corrected chi connectivity index (χ3v) is 3.60. The van der Waals surface area contributed by atoms with Gasteiger partial charge in [-0.15, -0.1) is 0 Å². The maximum Gasteiger partial charge on any atom is 0.339 e. The van der Waals surface area contributed by atoms with Gasteiger partial charge in [0.05, 0.1) is 5.56 Å². The number of fused-ring (bicyclic) bond motifs is 1. The lowest BCUT2D eigenvalue weighted by molar-refractivity contribution is 0.0455. The number of carbonyl (C=O) groups is 1. The SMILES string of the molecule is O=C1OC(c2ccccc2Br)c2ccccc21. The van der Waals surface area contributed by atoms with E-state index >= 15 is 0 Å². The molecule has 0 aliphatic carbocycles. The van der Waals surface area contributed by atoms with Gasteiger partial charge in [0.2, 0.25) is 0 Å². The lowest BCUT2D eigenvalue weighted by Crippen LogP contribution is -2.01. The highest BCUT2D eigenvalue weighted by Gasteiger charge is 2.32. The van der Waals surface area contributed by atoms with Crippen LogP contribution in [0.25, 0.3) is 0 Å². The lowest BCUT2D eigenvalue weighted by atomic mass is 9.99. The van der Waals surface area contributed by atoms with Crippen molar-refractivity contribution in [2.45, 2.75) is 6.10 Å². The van der Waals surface area contributed by atoms with Crippen molar-refractivity contribution in [2.75, 3.05) is 0 Å². The van der Waals surface area contributed by atoms with E-state index in [4.69, 9.17) is 4.74 Å². The molecule has 3 heteroatoms. The van der Waals surface area contributed by atoms with Crippen LogP contribution in [0.2, 0.25) is 0 Å². The van der Waals surface area contributed by atoms with Gasteiger partial charge in [0, 0.05) is 15.6 Å². The van der Waals surface area contributed by atoms with Gasteiger partial charge in [0.15, 0.2) is 6.10 Å². The molecule has 0 saturated carbocycles. The van der Waals surface area contributed by atoms with Gasteiger partial charge >= 0.3 is 5.97 Å². The molecule has 17 heavy (non-hydrogen) atoms. The summed E-state index contributed by atoms with van der Waals surface area (Å²) in [6.07, 6.45) is -0.297. The summed E-state index contributed by atoms with van der Waals surface area (Å²) < 4.78 is 6.38. The van der Waals surface area contributed by atoms with Crippen LogP contribution in [0.5, 0.6) is 0 Å². The highest BCUT2D eigenvalue weighted by atomic mass is 79.9. The zero-order valence-corrected chi connectivity index (χ0v) is 10.5. The van der Waals surface area contributed by atoms with Gasteiger partial charge < -0.3 is 4.74 Å².